The Hall–Kier alpha value is -3.16. The summed E-state index contributed by atoms with van der Waals surface area (Å²) in [6.45, 7) is 6.50. The lowest BCUT2D eigenvalue weighted by Crippen LogP contribution is -2.62. The van der Waals surface area contributed by atoms with Gasteiger partial charge in [-0.25, -0.2) is 4.79 Å². The van der Waals surface area contributed by atoms with E-state index in [0.29, 0.717) is 24.1 Å². The summed E-state index contributed by atoms with van der Waals surface area (Å²) >= 11 is 0. The molecule has 2 fully saturated rings. The van der Waals surface area contributed by atoms with Crippen LogP contribution in [0.3, 0.4) is 0 Å². The molecule has 1 aliphatic heterocycles. The third-order valence-electron chi connectivity index (χ3n) is 5.70. The zero-order valence-electron chi connectivity index (χ0n) is 17.1. The van der Waals surface area contributed by atoms with Crippen LogP contribution in [0.2, 0.25) is 0 Å². The molecule has 158 valence electrons. The van der Waals surface area contributed by atoms with E-state index < -0.39 is 0 Å². The highest BCUT2D eigenvalue weighted by molar-refractivity contribution is 5.98. The molecule has 3 amide bonds. The van der Waals surface area contributed by atoms with E-state index >= 15 is 0 Å². The molecule has 30 heavy (non-hydrogen) atoms. The Bertz CT molecular complexity index is 941. The molecule has 0 radical (unpaired) electrons. The van der Waals surface area contributed by atoms with E-state index in [1.54, 1.807) is 11.0 Å². The zero-order valence-corrected chi connectivity index (χ0v) is 17.1. The van der Waals surface area contributed by atoms with Gasteiger partial charge < -0.3 is 14.2 Å². The molecule has 1 aromatic heterocycles. The smallest absolute Gasteiger partial charge is 0.327 e. The van der Waals surface area contributed by atoms with Gasteiger partial charge in [0, 0.05) is 12.6 Å². The molecule has 1 saturated carbocycles. The molecule has 2 heterocycles. The Balaban J connectivity index is 1.59. The van der Waals surface area contributed by atoms with Crippen LogP contribution in [0.15, 0.2) is 41.4 Å². The largest absolute Gasteiger partial charge is 0.493 e. The summed E-state index contributed by atoms with van der Waals surface area (Å²) < 4.78 is 11.1. The Morgan fingerprint density at radius 3 is 2.87 bits per heavy atom. The van der Waals surface area contributed by atoms with Gasteiger partial charge in [-0.1, -0.05) is 36.2 Å². The number of rotatable bonds is 7. The minimum Gasteiger partial charge on any atom is -0.493 e. The maximum atomic E-state index is 13.1. The first-order valence-electron chi connectivity index (χ1n) is 10.4. The number of nitrogens with zero attached hydrogens (tertiary/aromatic N) is 4. The van der Waals surface area contributed by atoms with Crippen molar-refractivity contribution in [3.8, 4) is 17.1 Å². The second-order valence-electron chi connectivity index (χ2n) is 7.55. The predicted molar refractivity (Wildman–Crippen MR) is 109 cm³/mol. The van der Waals surface area contributed by atoms with Crippen LogP contribution in [-0.4, -0.2) is 51.1 Å². The molecule has 2 aromatic rings. The van der Waals surface area contributed by atoms with E-state index in [-0.39, 0.29) is 37.0 Å². The Morgan fingerprint density at radius 1 is 1.27 bits per heavy atom. The Labute approximate surface area is 175 Å². The van der Waals surface area contributed by atoms with Gasteiger partial charge in [0.25, 0.3) is 0 Å². The van der Waals surface area contributed by atoms with Gasteiger partial charge in [-0.05, 0) is 31.9 Å². The van der Waals surface area contributed by atoms with Gasteiger partial charge in [-0.15, -0.1) is 6.58 Å². The minimum absolute atomic E-state index is 0.0993. The molecule has 0 N–H and O–H groups in total. The lowest BCUT2D eigenvalue weighted by molar-refractivity contribution is -0.140. The number of imide groups is 1. The SMILES string of the molecule is C=CCN1C(=O)C2CCCCC2N(Cc2nc(-c3ccccc3OCC)no2)C1=O. The molecule has 1 aromatic carbocycles. The van der Waals surface area contributed by atoms with Crippen molar-refractivity contribution in [2.75, 3.05) is 13.2 Å². The number of carbonyl (C=O) groups is 2. The maximum Gasteiger partial charge on any atom is 0.327 e. The van der Waals surface area contributed by atoms with Crippen molar-refractivity contribution in [3.63, 3.8) is 0 Å². The lowest BCUT2D eigenvalue weighted by atomic mass is 9.81. The van der Waals surface area contributed by atoms with Crippen LogP contribution in [0.5, 0.6) is 5.75 Å². The summed E-state index contributed by atoms with van der Waals surface area (Å²) in [5, 5.41) is 4.09. The normalized spacial score (nSPS) is 21.5. The number of hydrogen-bond acceptors (Lipinski definition) is 6. The number of aromatic nitrogens is 2. The standard InChI is InChI=1S/C22H26N4O4/c1-3-13-25-21(27)15-9-5-7-11-17(15)26(22(25)28)14-19-23-20(24-30-19)16-10-6-8-12-18(16)29-4-2/h3,6,8,10,12,15,17H,1,4-5,7,9,11,13-14H2,2H3. The number of amides is 3. The van der Waals surface area contributed by atoms with Gasteiger partial charge in [-0.2, -0.15) is 4.98 Å². The van der Waals surface area contributed by atoms with Crippen molar-refractivity contribution in [2.24, 2.45) is 5.92 Å². The van der Waals surface area contributed by atoms with Gasteiger partial charge in [-0.3, -0.25) is 9.69 Å². The van der Waals surface area contributed by atoms with Crippen molar-refractivity contribution in [3.05, 3.63) is 42.8 Å². The number of hydrogen-bond donors (Lipinski definition) is 0. The molecule has 2 unspecified atom stereocenters. The fraction of sp³-hybridized carbons (Fsp3) is 0.455. The Morgan fingerprint density at radius 2 is 2.07 bits per heavy atom. The van der Waals surface area contributed by atoms with E-state index in [1.165, 1.54) is 4.90 Å². The van der Waals surface area contributed by atoms with E-state index in [4.69, 9.17) is 9.26 Å². The fourth-order valence-corrected chi connectivity index (χ4v) is 4.35. The minimum atomic E-state index is -0.322. The lowest BCUT2D eigenvalue weighted by Gasteiger charge is -2.46. The van der Waals surface area contributed by atoms with Crippen LogP contribution in [0, 0.1) is 5.92 Å². The van der Waals surface area contributed by atoms with Crippen LogP contribution in [0.25, 0.3) is 11.4 Å². The van der Waals surface area contributed by atoms with Crippen LogP contribution < -0.4 is 4.74 Å². The summed E-state index contributed by atoms with van der Waals surface area (Å²) in [5.41, 5.74) is 0.735. The molecule has 1 saturated heterocycles. The van der Waals surface area contributed by atoms with E-state index in [2.05, 4.69) is 16.7 Å². The quantitative estimate of drug-likeness (QED) is 0.648. The highest BCUT2D eigenvalue weighted by Crippen LogP contribution is 2.35. The molecule has 2 aliphatic rings. The van der Waals surface area contributed by atoms with Crippen molar-refractivity contribution in [1.29, 1.82) is 0 Å². The molecule has 0 spiro atoms. The van der Waals surface area contributed by atoms with Gasteiger partial charge in [0.15, 0.2) is 0 Å². The summed E-state index contributed by atoms with van der Waals surface area (Å²) in [7, 11) is 0. The first-order valence-corrected chi connectivity index (χ1v) is 10.4. The van der Waals surface area contributed by atoms with Gasteiger partial charge in [0.1, 0.15) is 12.3 Å². The third-order valence-corrected chi connectivity index (χ3v) is 5.70. The first-order chi connectivity index (χ1) is 14.6. The number of carbonyl (C=O) groups excluding carboxylic acids is 2. The predicted octanol–water partition coefficient (Wildman–Crippen LogP) is 3.64. The van der Waals surface area contributed by atoms with Crippen LogP contribution >= 0.6 is 0 Å². The molecule has 2 atom stereocenters. The zero-order chi connectivity index (χ0) is 21.1. The van der Waals surface area contributed by atoms with Crippen LogP contribution in [-0.2, 0) is 11.3 Å². The van der Waals surface area contributed by atoms with Crippen molar-refractivity contribution >= 4 is 11.9 Å². The van der Waals surface area contributed by atoms with Gasteiger partial charge in [0.2, 0.25) is 17.6 Å². The molecule has 8 heteroatoms. The number of ether oxygens (including phenoxy) is 1. The molecule has 1 aliphatic carbocycles. The fourth-order valence-electron chi connectivity index (χ4n) is 4.35. The summed E-state index contributed by atoms with van der Waals surface area (Å²) in [5.74, 6) is 1.14. The first kappa shape index (κ1) is 20.1. The van der Waals surface area contributed by atoms with E-state index in [1.807, 2.05) is 31.2 Å². The number of urea groups is 1. The van der Waals surface area contributed by atoms with Crippen LogP contribution in [0.4, 0.5) is 4.79 Å². The summed E-state index contributed by atoms with van der Waals surface area (Å²) in [4.78, 5) is 33.4. The van der Waals surface area contributed by atoms with Crippen molar-refractivity contribution < 1.29 is 18.8 Å². The summed E-state index contributed by atoms with van der Waals surface area (Å²) in [6.07, 6.45) is 5.16. The van der Waals surface area contributed by atoms with Crippen molar-refractivity contribution in [2.45, 2.75) is 45.2 Å². The van der Waals surface area contributed by atoms with Crippen molar-refractivity contribution in [1.82, 2.24) is 19.9 Å². The van der Waals surface area contributed by atoms with Crippen LogP contribution in [0.1, 0.15) is 38.5 Å². The molecular formula is C22H26N4O4. The topological polar surface area (TPSA) is 88.8 Å². The monoisotopic (exact) mass is 410 g/mol. The number of benzene rings is 1. The molecule has 8 nitrogen and oxygen atoms in total. The average molecular weight is 410 g/mol. The Kier molecular flexibility index (Phi) is 5.83. The average Bonchev–Trinajstić information content (AvgIpc) is 3.23. The molecule has 0 bridgehead atoms. The third kappa shape index (κ3) is 3.69. The number of para-hydroxylation sites is 1. The summed E-state index contributed by atoms with van der Waals surface area (Å²) in [6, 6.07) is 7.04. The second kappa shape index (κ2) is 8.69. The highest BCUT2D eigenvalue weighted by atomic mass is 16.5. The highest BCUT2D eigenvalue weighted by Gasteiger charge is 2.46. The maximum absolute atomic E-state index is 13.1. The molecular weight excluding hydrogens is 384 g/mol. The van der Waals surface area contributed by atoms with E-state index in [0.717, 1.165) is 31.2 Å². The second-order valence-corrected chi connectivity index (χ2v) is 7.55. The van der Waals surface area contributed by atoms with Gasteiger partial charge in [0.05, 0.1) is 18.1 Å². The molecule has 4 rings (SSSR count). The van der Waals surface area contributed by atoms with E-state index in [9.17, 15) is 9.59 Å². The number of fused-ring (bicyclic) bond motifs is 1. The van der Waals surface area contributed by atoms with Gasteiger partial charge >= 0.3 is 6.03 Å².